The molecular weight excluding hydrogens is 354 g/mol. The van der Waals surface area contributed by atoms with E-state index in [4.69, 9.17) is 0 Å². The van der Waals surface area contributed by atoms with Gasteiger partial charge in [-0.25, -0.2) is 10.2 Å². The number of hydrazone groups is 1. The van der Waals surface area contributed by atoms with E-state index in [1.54, 1.807) is 0 Å². The molecule has 0 saturated heterocycles. The van der Waals surface area contributed by atoms with E-state index in [-0.39, 0.29) is 6.03 Å². The van der Waals surface area contributed by atoms with Crippen LogP contribution in [0.4, 0.5) is 10.5 Å². The first-order chi connectivity index (χ1) is 11.2. The molecule has 1 aromatic carbocycles. The van der Waals surface area contributed by atoms with Crippen LogP contribution in [0.1, 0.15) is 12.8 Å². The summed E-state index contributed by atoms with van der Waals surface area (Å²) in [6, 6.07) is 9.26. The quantitative estimate of drug-likeness (QED) is 0.606. The molecule has 4 nitrogen and oxygen atoms in total. The Labute approximate surface area is 143 Å². The lowest BCUT2D eigenvalue weighted by Gasteiger charge is -2.37. The van der Waals surface area contributed by atoms with Crippen molar-refractivity contribution in [3.63, 3.8) is 0 Å². The van der Waals surface area contributed by atoms with E-state index in [1.165, 1.54) is 18.6 Å². The fourth-order valence-corrected chi connectivity index (χ4v) is 8.70. The summed E-state index contributed by atoms with van der Waals surface area (Å²) in [5, 5.41) is 7.45. The van der Waals surface area contributed by atoms with Gasteiger partial charge in [0.05, 0.1) is 0 Å². The van der Waals surface area contributed by atoms with Gasteiger partial charge in [0.1, 0.15) is 0 Å². The van der Waals surface area contributed by atoms with Crippen LogP contribution >= 0.6 is 15.9 Å². The number of hydrogen-bond acceptors (Lipinski definition) is 2. The van der Waals surface area contributed by atoms with Crippen molar-refractivity contribution >= 4 is 33.4 Å². The van der Waals surface area contributed by atoms with E-state index in [0.29, 0.717) is 16.2 Å². The fraction of sp³-hybridized carbons (Fsp3) is 0.556. The van der Waals surface area contributed by atoms with Gasteiger partial charge in [-0.15, -0.1) is 0 Å². The summed E-state index contributed by atoms with van der Waals surface area (Å²) in [6.07, 6.45) is 2.74. The number of para-hydroxylation sites is 1. The van der Waals surface area contributed by atoms with Gasteiger partial charge >= 0.3 is 6.03 Å². The zero-order valence-electron chi connectivity index (χ0n) is 12.6. The maximum absolute atomic E-state index is 12.1. The summed E-state index contributed by atoms with van der Waals surface area (Å²) in [5.41, 5.74) is 4.83. The minimum Gasteiger partial charge on any atom is -0.307 e. The highest BCUT2D eigenvalue weighted by Crippen LogP contribution is 2.85. The van der Waals surface area contributed by atoms with E-state index in [1.807, 2.05) is 30.3 Å². The number of alkyl halides is 1. The Hall–Kier alpha value is -1.36. The second-order valence-corrected chi connectivity index (χ2v) is 9.41. The lowest BCUT2D eigenvalue weighted by Crippen LogP contribution is -2.39. The molecule has 0 aromatic heterocycles. The molecule has 0 heterocycles. The highest BCUT2D eigenvalue weighted by atomic mass is 79.9. The van der Waals surface area contributed by atoms with Crippen molar-refractivity contribution in [1.29, 1.82) is 0 Å². The van der Waals surface area contributed by atoms with Crippen LogP contribution in [-0.2, 0) is 0 Å². The van der Waals surface area contributed by atoms with Crippen LogP contribution in [0.15, 0.2) is 35.4 Å². The largest absolute Gasteiger partial charge is 0.339 e. The summed E-state index contributed by atoms with van der Waals surface area (Å²) in [5.74, 6) is 5.53. The van der Waals surface area contributed by atoms with Crippen molar-refractivity contribution in [3.05, 3.63) is 30.3 Å². The van der Waals surface area contributed by atoms with Gasteiger partial charge in [0, 0.05) is 27.6 Å². The maximum atomic E-state index is 12.1. The molecule has 2 N–H and O–H groups in total. The van der Waals surface area contributed by atoms with Crippen LogP contribution in [0.2, 0.25) is 0 Å². The molecule has 5 heteroatoms. The number of nitrogens with one attached hydrogen (secondary N) is 2. The molecule has 118 valence electrons. The highest BCUT2D eigenvalue weighted by molar-refractivity contribution is 9.10. The third kappa shape index (κ3) is 1.36. The molecule has 0 spiro atoms. The fourth-order valence-electron chi connectivity index (χ4n) is 7.16. The van der Waals surface area contributed by atoms with Gasteiger partial charge < -0.3 is 5.32 Å². The average molecular weight is 372 g/mol. The van der Waals surface area contributed by atoms with E-state index in [2.05, 4.69) is 31.8 Å². The van der Waals surface area contributed by atoms with E-state index >= 15 is 0 Å². The van der Waals surface area contributed by atoms with Gasteiger partial charge in [0.25, 0.3) is 0 Å². The summed E-state index contributed by atoms with van der Waals surface area (Å²) in [6.45, 7) is 0. The minimum absolute atomic E-state index is 0.245. The first-order valence-corrected chi connectivity index (χ1v) is 9.36. The van der Waals surface area contributed by atoms with Crippen LogP contribution < -0.4 is 10.7 Å². The van der Waals surface area contributed by atoms with E-state index in [0.717, 1.165) is 35.3 Å². The van der Waals surface area contributed by atoms with Crippen molar-refractivity contribution < 1.29 is 4.79 Å². The summed E-state index contributed by atoms with van der Waals surface area (Å²) >= 11 is 4.11. The maximum Gasteiger partial charge on any atom is 0.339 e. The minimum atomic E-state index is -0.245. The van der Waals surface area contributed by atoms with Crippen molar-refractivity contribution in [2.24, 2.45) is 46.5 Å². The molecular formula is C18H18BrN3O. The lowest BCUT2D eigenvalue weighted by atomic mass is 9.71. The third-order valence-corrected chi connectivity index (χ3v) is 8.72. The third-order valence-electron chi connectivity index (χ3n) is 7.38. The molecule has 0 aliphatic heterocycles. The first-order valence-electron chi connectivity index (χ1n) is 8.57. The Morgan fingerprint density at radius 2 is 2.04 bits per heavy atom. The van der Waals surface area contributed by atoms with E-state index in [9.17, 15) is 4.79 Å². The molecule has 6 aliphatic carbocycles. The molecule has 6 bridgehead atoms. The second-order valence-electron chi connectivity index (χ2n) is 7.93. The topological polar surface area (TPSA) is 53.5 Å². The van der Waals surface area contributed by atoms with Crippen LogP contribution in [0.3, 0.4) is 0 Å². The standard InChI is InChI=1S/C18H18BrN3O/c19-18-7-11-9-6-10-12(11)15(18)16(13(10)14(9)18)21-22-17(23)20-8-4-2-1-3-5-8/h1-5,9-15H,6-7H2,(H2,20,22,23)/b21-16-/t9-,10+,11+,12-,13+,14-,15+,18-/m0/s1. The molecule has 6 saturated carbocycles. The summed E-state index contributed by atoms with van der Waals surface area (Å²) in [4.78, 5) is 12.1. The Bertz CT molecular complexity index is 750. The van der Waals surface area contributed by atoms with Crippen LogP contribution in [0, 0.1) is 41.4 Å². The Morgan fingerprint density at radius 3 is 2.83 bits per heavy atom. The van der Waals surface area contributed by atoms with Gasteiger partial charge in [0.2, 0.25) is 0 Å². The van der Waals surface area contributed by atoms with Gasteiger partial charge in [-0.1, -0.05) is 34.1 Å². The van der Waals surface area contributed by atoms with Crippen molar-refractivity contribution in [2.45, 2.75) is 17.2 Å². The first kappa shape index (κ1) is 13.0. The van der Waals surface area contributed by atoms with Gasteiger partial charge in [0.15, 0.2) is 0 Å². The van der Waals surface area contributed by atoms with Crippen LogP contribution in [0.5, 0.6) is 0 Å². The number of benzene rings is 1. The lowest BCUT2D eigenvalue weighted by molar-refractivity contribution is 0.149. The Morgan fingerprint density at radius 1 is 1.22 bits per heavy atom. The predicted octanol–water partition coefficient (Wildman–Crippen LogP) is 3.46. The molecule has 0 radical (unpaired) electrons. The number of halogens is 1. The smallest absolute Gasteiger partial charge is 0.307 e. The predicted molar refractivity (Wildman–Crippen MR) is 91.4 cm³/mol. The number of urea groups is 1. The molecule has 0 unspecified atom stereocenters. The zero-order chi connectivity index (χ0) is 15.3. The summed E-state index contributed by atoms with van der Waals surface area (Å²) < 4.78 is 0.307. The molecule has 7 rings (SSSR count). The van der Waals surface area contributed by atoms with Crippen molar-refractivity contribution in [2.75, 3.05) is 5.32 Å². The molecule has 6 aliphatic rings. The van der Waals surface area contributed by atoms with E-state index < -0.39 is 0 Å². The van der Waals surface area contributed by atoms with Gasteiger partial charge in [-0.05, 0) is 54.6 Å². The molecule has 23 heavy (non-hydrogen) atoms. The monoisotopic (exact) mass is 371 g/mol. The second kappa shape index (κ2) is 4.00. The Balaban J connectivity index is 1.25. The number of rotatable bonds is 2. The normalized spacial score (nSPS) is 51.3. The van der Waals surface area contributed by atoms with Crippen LogP contribution in [0.25, 0.3) is 0 Å². The molecule has 6 fully saturated rings. The molecule has 8 atom stereocenters. The molecule has 1 aromatic rings. The van der Waals surface area contributed by atoms with Crippen molar-refractivity contribution in [1.82, 2.24) is 5.43 Å². The highest BCUT2D eigenvalue weighted by Gasteiger charge is 2.84. The number of nitrogens with zero attached hydrogens (tertiary/aromatic N) is 1. The number of amides is 2. The van der Waals surface area contributed by atoms with Crippen molar-refractivity contribution in [3.8, 4) is 0 Å². The Kier molecular flexibility index (Phi) is 2.26. The average Bonchev–Trinajstić information content (AvgIpc) is 3.24. The van der Waals surface area contributed by atoms with Gasteiger partial charge in [-0.2, -0.15) is 5.10 Å². The SMILES string of the molecule is O=C(N/N=C1/[C@@H]2[C@@H]3C[C@H]4[C@H]5C[C@](Br)([C@@H]42)[C@@H]1[C@H]53)Nc1ccccc1. The number of hydrogen-bond donors (Lipinski definition) is 2. The number of anilines is 1. The zero-order valence-corrected chi connectivity index (χ0v) is 14.2. The number of carbonyl (C=O) groups excluding carboxylic acids is 1. The van der Waals surface area contributed by atoms with Crippen LogP contribution in [-0.4, -0.2) is 16.1 Å². The number of carbonyl (C=O) groups is 1. The summed E-state index contributed by atoms with van der Waals surface area (Å²) in [7, 11) is 0. The molecule has 2 amide bonds. The van der Waals surface area contributed by atoms with Gasteiger partial charge in [-0.3, -0.25) is 0 Å².